The summed E-state index contributed by atoms with van der Waals surface area (Å²) in [5.74, 6) is 1.05. The highest BCUT2D eigenvalue weighted by Gasteiger charge is 2.66. The Morgan fingerprint density at radius 1 is 0.946 bits per heavy atom. The fourth-order valence-corrected chi connectivity index (χ4v) is 10.4. The Kier molecular flexibility index (Phi) is 5.46. The Morgan fingerprint density at radius 3 is 2.30 bits per heavy atom. The Morgan fingerprint density at radius 2 is 1.65 bits per heavy atom. The van der Waals surface area contributed by atoms with Gasteiger partial charge in [-0.3, -0.25) is 14.4 Å². The molecule has 4 heteroatoms. The molecule has 37 heavy (non-hydrogen) atoms. The molecule has 6 aliphatic carbocycles. The van der Waals surface area contributed by atoms with Crippen molar-refractivity contribution in [2.75, 3.05) is 0 Å². The molecule has 198 valence electrons. The van der Waals surface area contributed by atoms with Crippen molar-refractivity contribution in [3.8, 4) is 6.07 Å². The van der Waals surface area contributed by atoms with E-state index in [1.807, 2.05) is 19.1 Å². The number of nitriles is 1. The van der Waals surface area contributed by atoms with E-state index in [1.54, 1.807) is 0 Å². The van der Waals surface area contributed by atoms with Crippen molar-refractivity contribution in [2.45, 2.75) is 98.8 Å². The van der Waals surface area contributed by atoms with Gasteiger partial charge >= 0.3 is 0 Å². The Labute approximate surface area is 222 Å². The monoisotopic (exact) mass is 501 g/mol. The topological polar surface area (TPSA) is 75.0 Å². The largest absolute Gasteiger partial charge is 0.299 e. The SMILES string of the molecule is CC1C(=O)C(C#N)=CC2(C)C3=CC(=O)C4C(CCC5(C(=O)C6CCC6)CCC(C)(C)CC45)C3(C)CCC12. The van der Waals surface area contributed by atoms with Crippen LogP contribution >= 0.6 is 0 Å². The van der Waals surface area contributed by atoms with Gasteiger partial charge in [-0.2, -0.15) is 5.26 Å². The lowest BCUT2D eigenvalue weighted by molar-refractivity contribution is -0.164. The molecule has 6 rings (SSSR count). The van der Waals surface area contributed by atoms with Crippen LogP contribution < -0.4 is 0 Å². The minimum Gasteiger partial charge on any atom is -0.299 e. The first kappa shape index (κ1) is 25.3. The standard InChI is InChI=1S/C33H43NO3/c1-19-22-9-11-31(4)23-10-12-33(29(37)20-7-6-8-20)14-13-30(2,3)17-24(33)27(23)25(35)15-26(31)32(22,5)16-21(18-34)28(19)36/h15-16,19-20,22-24,27H,6-14,17H2,1-5H3. The van der Waals surface area contributed by atoms with Crippen LogP contribution in [0.3, 0.4) is 0 Å². The molecular formula is C33H43NO3. The summed E-state index contributed by atoms with van der Waals surface area (Å²) < 4.78 is 0. The zero-order chi connectivity index (χ0) is 26.5. The number of carbonyl (C=O) groups excluding carboxylic acids is 3. The molecule has 0 aromatic rings. The average Bonchev–Trinajstić information content (AvgIpc) is 2.81. The maximum absolute atomic E-state index is 14.3. The van der Waals surface area contributed by atoms with Crippen molar-refractivity contribution in [1.82, 2.24) is 0 Å². The molecule has 0 heterocycles. The third-order valence-corrected chi connectivity index (χ3v) is 12.7. The Hall–Kier alpha value is -2.02. The molecule has 6 aliphatic rings. The van der Waals surface area contributed by atoms with Crippen molar-refractivity contribution < 1.29 is 14.4 Å². The second-order valence-corrected chi connectivity index (χ2v) is 14.9. The summed E-state index contributed by atoms with van der Waals surface area (Å²) >= 11 is 0. The van der Waals surface area contributed by atoms with Crippen molar-refractivity contribution in [1.29, 1.82) is 5.26 Å². The lowest BCUT2D eigenvalue weighted by Gasteiger charge is -2.64. The van der Waals surface area contributed by atoms with Gasteiger partial charge in [-0.05, 0) is 92.4 Å². The minimum absolute atomic E-state index is 0.0458. The molecule has 4 fully saturated rings. The molecular weight excluding hydrogens is 458 g/mol. The van der Waals surface area contributed by atoms with E-state index in [0.717, 1.165) is 69.8 Å². The number of hydrogen-bond donors (Lipinski definition) is 0. The Bertz CT molecular complexity index is 1180. The van der Waals surface area contributed by atoms with Crippen LogP contribution in [-0.2, 0) is 14.4 Å². The van der Waals surface area contributed by atoms with Gasteiger partial charge in [0.2, 0.25) is 0 Å². The van der Waals surface area contributed by atoms with Gasteiger partial charge < -0.3 is 0 Å². The molecule has 0 aromatic carbocycles. The van der Waals surface area contributed by atoms with E-state index in [0.29, 0.717) is 5.78 Å². The second kappa shape index (κ2) is 8.00. The summed E-state index contributed by atoms with van der Waals surface area (Å²) in [4.78, 5) is 41.2. The summed E-state index contributed by atoms with van der Waals surface area (Å²) in [6, 6.07) is 2.17. The predicted octanol–water partition coefficient (Wildman–Crippen LogP) is 6.79. The number of Topliss-reactive ketones (excluding diaryl/α,β-unsaturated/α-hetero) is 2. The van der Waals surface area contributed by atoms with Gasteiger partial charge in [0.05, 0.1) is 5.57 Å². The summed E-state index contributed by atoms with van der Waals surface area (Å²) in [6.45, 7) is 11.2. The van der Waals surface area contributed by atoms with Crippen LogP contribution in [0.1, 0.15) is 98.8 Å². The maximum atomic E-state index is 14.3. The van der Waals surface area contributed by atoms with Crippen LogP contribution in [0.2, 0.25) is 0 Å². The zero-order valence-electron chi connectivity index (χ0n) is 23.4. The van der Waals surface area contributed by atoms with E-state index in [4.69, 9.17) is 0 Å². The molecule has 0 bridgehead atoms. The highest BCUT2D eigenvalue weighted by Crippen LogP contribution is 2.70. The van der Waals surface area contributed by atoms with E-state index >= 15 is 0 Å². The number of fused-ring (bicyclic) bond motifs is 7. The van der Waals surface area contributed by atoms with Crippen LogP contribution in [0.15, 0.2) is 23.3 Å². The van der Waals surface area contributed by atoms with E-state index in [9.17, 15) is 19.6 Å². The summed E-state index contributed by atoms with van der Waals surface area (Å²) in [5.41, 5.74) is 0.646. The van der Waals surface area contributed by atoms with Crippen LogP contribution in [0.4, 0.5) is 0 Å². The molecule has 0 aromatic heterocycles. The Balaban J connectivity index is 1.46. The summed E-state index contributed by atoms with van der Waals surface area (Å²) in [5, 5.41) is 9.75. The van der Waals surface area contributed by atoms with Gasteiger partial charge in [0, 0.05) is 28.6 Å². The van der Waals surface area contributed by atoms with E-state index in [-0.39, 0.29) is 68.9 Å². The molecule has 4 saturated carbocycles. The van der Waals surface area contributed by atoms with Crippen molar-refractivity contribution in [3.63, 3.8) is 0 Å². The van der Waals surface area contributed by atoms with Gasteiger partial charge in [0.25, 0.3) is 0 Å². The minimum atomic E-state index is -0.450. The predicted molar refractivity (Wildman–Crippen MR) is 142 cm³/mol. The summed E-state index contributed by atoms with van der Waals surface area (Å²) in [6.07, 6.45) is 13.8. The molecule has 4 nitrogen and oxygen atoms in total. The van der Waals surface area contributed by atoms with Crippen LogP contribution in [0, 0.1) is 68.5 Å². The lowest BCUT2D eigenvalue weighted by atomic mass is 9.38. The first-order valence-electron chi connectivity index (χ1n) is 14.9. The normalized spacial score (nSPS) is 46.6. The van der Waals surface area contributed by atoms with Crippen LogP contribution in [-0.4, -0.2) is 17.3 Å². The molecule has 0 aliphatic heterocycles. The number of ketones is 3. The quantitative estimate of drug-likeness (QED) is 0.417. The van der Waals surface area contributed by atoms with Gasteiger partial charge in [0.1, 0.15) is 11.9 Å². The van der Waals surface area contributed by atoms with E-state index in [2.05, 4.69) is 33.8 Å². The van der Waals surface area contributed by atoms with Crippen molar-refractivity contribution >= 4 is 17.3 Å². The first-order valence-corrected chi connectivity index (χ1v) is 14.9. The molecule has 8 atom stereocenters. The maximum Gasteiger partial charge on any atom is 0.176 e. The highest BCUT2D eigenvalue weighted by molar-refractivity contribution is 6.02. The number of hydrogen-bond acceptors (Lipinski definition) is 4. The molecule has 0 radical (unpaired) electrons. The first-order chi connectivity index (χ1) is 17.4. The van der Waals surface area contributed by atoms with Gasteiger partial charge in [-0.15, -0.1) is 0 Å². The number of allylic oxidation sites excluding steroid dienone is 4. The smallest absolute Gasteiger partial charge is 0.176 e. The molecule has 0 spiro atoms. The van der Waals surface area contributed by atoms with E-state index in [1.165, 1.54) is 0 Å². The van der Waals surface area contributed by atoms with Crippen molar-refractivity contribution in [2.24, 2.45) is 57.2 Å². The fraction of sp³-hybridized carbons (Fsp3) is 0.758. The number of nitrogens with zero attached hydrogens (tertiary/aromatic N) is 1. The van der Waals surface area contributed by atoms with Crippen LogP contribution in [0.5, 0.6) is 0 Å². The zero-order valence-corrected chi connectivity index (χ0v) is 23.4. The van der Waals surface area contributed by atoms with Gasteiger partial charge in [0.15, 0.2) is 11.6 Å². The number of carbonyl (C=O) groups is 3. The van der Waals surface area contributed by atoms with E-state index < -0.39 is 5.41 Å². The highest BCUT2D eigenvalue weighted by atomic mass is 16.1. The fourth-order valence-electron chi connectivity index (χ4n) is 10.4. The lowest BCUT2D eigenvalue weighted by Crippen LogP contribution is -2.61. The molecule has 0 N–H and O–H groups in total. The third-order valence-electron chi connectivity index (χ3n) is 12.7. The molecule has 8 unspecified atom stereocenters. The third kappa shape index (κ3) is 3.28. The molecule has 0 saturated heterocycles. The molecule has 0 amide bonds. The van der Waals surface area contributed by atoms with Crippen LogP contribution in [0.25, 0.3) is 0 Å². The second-order valence-electron chi connectivity index (χ2n) is 14.9. The van der Waals surface area contributed by atoms with Gasteiger partial charge in [-0.1, -0.05) is 52.7 Å². The van der Waals surface area contributed by atoms with Crippen molar-refractivity contribution in [3.05, 3.63) is 23.3 Å². The van der Waals surface area contributed by atoms with Gasteiger partial charge in [-0.25, -0.2) is 0 Å². The average molecular weight is 502 g/mol. The summed E-state index contributed by atoms with van der Waals surface area (Å²) in [7, 11) is 0. The number of rotatable bonds is 2.